The Balaban J connectivity index is 0.00000280. The molecular weight excluding hydrogens is 374 g/mol. The first-order valence-electron chi connectivity index (χ1n) is 9.56. The second kappa shape index (κ2) is 10.2. The summed E-state index contributed by atoms with van der Waals surface area (Å²) >= 11 is 0. The number of rotatable bonds is 5. The molecule has 0 radical (unpaired) electrons. The maximum atomic E-state index is 12.7. The standard InChI is InChI=1S/C22H27N3O2.ClH/c1-25(20-5-3-2-4-6-20)22(27)18-11-13-19(14-12-18)24-21(26)17-9-7-16(15-23)8-10-17;/h7-14,20H,2-6,15,23H2,1H3,(H,24,26);1H. The number of benzene rings is 2. The molecule has 0 bridgehead atoms. The fourth-order valence-electron chi connectivity index (χ4n) is 3.53. The van der Waals surface area contributed by atoms with Crippen molar-refractivity contribution in [2.45, 2.75) is 44.7 Å². The Morgan fingerprint density at radius 2 is 1.54 bits per heavy atom. The highest BCUT2D eigenvalue weighted by atomic mass is 35.5. The summed E-state index contributed by atoms with van der Waals surface area (Å²) in [7, 11) is 1.89. The number of nitrogens with two attached hydrogens (primary N) is 1. The van der Waals surface area contributed by atoms with Crippen molar-refractivity contribution in [3.63, 3.8) is 0 Å². The van der Waals surface area contributed by atoms with Crippen LogP contribution in [0, 0.1) is 0 Å². The molecule has 6 heteroatoms. The Labute approximate surface area is 172 Å². The lowest BCUT2D eigenvalue weighted by molar-refractivity contribution is 0.0696. The third-order valence-corrected chi connectivity index (χ3v) is 5.28. The number of anilines is 1. The minimum absolute atomic E-state index is 0. The van der Waals surface area contributed by atoms with Crippen molar-refractivity contribution < 1.29 is 9.59 Å². The molecule has 1 saturated carbocycles. The van der Waals surface area contributed by atoms with Crippen LogP contribution < -0.4 is 11.1 Å². The first-order valence-corrected chi connectivity index (χ1v) is 9.56. The van der Waals surface area contributed by atoms with Gasteiger partial charge in [-0.2, -0.15) is 0 Å². The van der Waals surface area contributed by atoms with E-state index in [4.69, 9.17) is 5.73 Å². The van der Waals surface area contributed by atoms with Gasteiger partial charge < -0.3 is 16.0 Å². The molecule has 0 saturated heterocycles. The van der Waals surface area contributed by atoms with Crippen molar-refractivity contribution in [2.24, 2.45) is 5.73 Å². The molecule has 1 aliphatic carbocycles. The van der Waals surface area contributed by atoms with Crippen LogP contribution >= 0.6 is 12.4 Å². The lowest BCUT2D eigenvalue weighted by atomic mass is 9.94. The molecule has 2 aromatic carbocycles. The van der Waals surface area contributed by atoms with Crippen molar-refractivity contribution >= 4 is 29.9 Å². The van der Waals surface area contributed by atoms with Gasteiger partial charge in [0.05, 0.1) is 0 Å². The highest BCUT2D eigenvalue weighted by Crippen LogP contribution is 2.23. The molecule has 1 fully saturated rings. The molecule has 0 unspecified atom stereocenters. The zero-order valence-corrected chi connectivity index (χ0v) is 17.0. The van der Waals surface area contributed by atoms with Gasteiger partial charge in [0.1, 0.15) is 0 Å². The van der Waals surface area contributed by atoms with E-state index in [9.17, 15) is 9.59 Å². The largest absolute Gasteiger partial charge is 0.339 e. The minimum Gasteiger partial charge on any atom is -0.339 e. The maximum Gasteiger partial charge on any atom is 0.255 e. The molecule has 2 aromatic rings. The van der Waals surface area contributed by atoms with Gasteiger partial charge >= 0.3 is 0 Å². The van der Waals surface area contributed by atoms with Crippen molar-refractivity contribution in [3.05, 3.63) is 65.2 Å². The predicted molar refractivity (Wildman–Crippen MR) is 115 cm³/mol. The quantitative estimate of drug-likeness (QED) is 0.787. The fraction of sp³-hybridized carbons (Fsp3) is 0.364. The summed E-state index contributed by atoms with van der Waals surface area (Å²) in [5.74, 6) is -0.144. The molecule has 2 amide bonds. The van der Waals surface area contributed by atoms with Crippen LogP contribution in [0.1, 0.15) is 58.4 Å². The van der Waals surface area contributed by atoms with Crippen LogP contribution in [0.4, 0.5) is 5.69 Å². The van der Waals surface area contributed by atoms with Crippen LogP contribution in [-0.2, 0) is 6.54 Å². The summed E-state index contributed by atoms with van der Waals surface area (Å²) in [5, 5.41) is 2.86. The number of amides is 2. The van der Waals surface area contributed by atoms with Gasteiger partial charge in [-0.15, -0.1) is 12.4 Å². The van der Waals surface area contributed by atoms with E-state index in [0.29, 0.717) is 29.4 Å². The van der Waals surface area contributed by atoms with Gasteiger partial charge in [0.15, 0.2) is 0 Å². The van der Waals surface area contributed by atoms with Crippen LogP contribution in [0.5, 0.6) is 0 Å². The highest BCUT2D eigenvalue weighted by Gasteiger charge is 2.22. The SMILES string of the molecule is CN(C(=O)c1ccc(NC(=O)c2ccc(CN)cc2)cc1)C1CCCCC1.Cl. The van der Waals surface area contributed by atoms with E-state index in [-0.39, 0.29) is 24.2 Å². The monoisotopic (exact) mass is 401 g/mol. The Hall–Kier alpha value is -2.37. The van der Waals surface area contributed by atoms with Crippen molar-refractivity contribution in [2.75, 3.05) is 12.4 Å². The van der Waals surface area contributed by atoms with Crippen molar-refractivity contribution in [1.82, 2.24) is 4.90 Å². The molecular formula is C22H28ClN3O2. The van der Waals surface area contributed by atoms with E-state index in [2.05, 4.69) is 5.32 Å². The smallest absolute Gasteiger partial charge is 0.255 e. The fourth-order valence-corrected chi connectivity index (χ4v) is 3.53. The normalized spacial score (nSPS) is 14.1. The van der Waals surface area contributed by atoms with Crippen LogP contribution in [0.2, 0.25) is 0 Å². The molecule has 0 heterocycles. The summed E-state index contributed by atoms with van der Waals surface area (Å²) in [6, 6.07) is 14.6. The zero-order valence-electron chi connectivity index (χ0n) is 16.2. The van der Waals surface area contributed by atoms with Gasteiger partial charge in [-0.25, -0.2) is 0 Å². The third-order valence-electron chi connectivity index (χ3n) is 5.28. The Kier molecular flexibility index (Phi) is 8.03. The minimum atomic E-state index is -0.183. The van der Waals surface area contributed by atoms with E-state index >= 15 is 0 Å². The second-order valence-electron chi connectivity index (χ2n) is 7.14. The van der Waals surface area contributed by atoms with E-state index in [1.807, 2.05) is 24.1 Å². The first-order chi connectivity index (χ1) is 13.1. The summed E-state index contributed by atoms with van der Waals surface area (Å²) in [5.41, 5.74) is 8.44. The summed E-state index contributed by atoms with van der Waals surface area (Å²) in [6.45, 7) is 0.451. The molecule has 150 valence electrons. The number of nitrogens with zero attached hydrogens (tertiary/aromatic N) is 1. The number of hydrogen-bond acceptors (Lipinski definition) is 3. The highest BCUT2D eigenvalue weighted by molar-refractivity contribution is 6.04. The molecule has 5 nitrogen and oxygen atoms in total. The molecule has 0 aliphatic heterocycles. The molecule has 1 aliphatic rings. The molecule has 0 aromatic heterocycles. The third kappa shape index (κ3) is 5.33. The summed E-state index contributed by atoms with van der Waals surface area (Å²) < 4.78 is 0. The molecule has 3 rings (SSSR count). The Morgan fingerprint density at radius 3 is 2.11 bits per heavy atom. The van der Waals surface area contributed by atoms with Gasteiger partial charge in [0.2, 0.25) is 0 Å². The molecule has 0 atom stereocenters. The average Bonchev–Trinajstić information content (AvgIpc) is 2.74. The van der Waals surface area contributed by atoms with Gasteiger partial charge in [-0.1, -0.05) is 31.4 Å². The van der Waals surface area contributed by atoms with Crippen LogP contribution in [0.3, 0.4) is 0 Å². The second-order valence-corrected chi connectivity index (χ2v) is 7.14. The first kappa shape index (κ1) is 21.9. The van der Waals surface area contributed by atoms with E-state index in [1.165, 1.54) is 19.3 Å². The van der Waals surface area contributed by atoms with E-state index < -0.39 is 0 Å². The number of carbonyl (C=O) groups is 2. The lowest BCUT2D eigenvalue weighted by Crippen LogP contribution is -2.38. The summed E-state index contributed by atoms with van der Waals surface area (Å²) in [6.07, 6.45) is 5.82. The Bertz CT molecular complexity index is 784. The lowest BCUT2D eigenvalue weighted by Gasteiger charge is -2.31. The van der Waals surface area contributed by atoms with E-state index in [1.54, 1.807) is 36.4 Å². The zero-order chi connectivity index (χ0) is 19.2. The number of nitrogens with one attached hydrogen (secondary N) is 1. The average molecular weight is 402 g/mol. The van der Waals surface area contributed by atoms with Gasteiger partial charge in [-0.3, -0.25) is 9.59 Å². The van der Waals surface area contributed by atoms with Gasteiger partial charge in [-0.05, 0) is 54.8 Å². The molecule has 28 heavy (non-hydrogen) atoms. The van der Waals surface area contributed by atoms with E-state index in [0.717, 1.165) is 18.4 Å². The van der Waals surface area contributed by atoms with Crippen LogP contribution in [0.25, 0.3) is 0 Å². The van der Waals surface area contributed by atoms with Crippen molar-refractivity contribution in [3.8, 4) is 0 Å². The number of hydrogen-bond donors (Lipinski definition) is 2. The Morgan fingerprint density at radius 1 is 0.964 bits per heavy atom. The topological polar surface area (TPSA) is 75.4 Å². The van der Waals surface area contributed by atoms with Gasteiger partial charge in [0, 0.05) is 36.4 Å². The maximum absolute atomic E-state index is 12.7. The molecule has 0 spiro atoms. The van der Waals surface area contributed by atoms with Gasteiger partial charge in [0.25, 0.3) is 11.8 Å². The predicted octanol–water partition coefficient (Wildman–Crippen LogP) is 4.22. The van der Waals surface area contributed by atoms with Crippen LogP contribution in [-0.4, -0.2) is 29.8 Å². The molecule has 3 N–H and O–H groups in total. The summed E-state index contributed by atoms with van der Waals surface area (Å²) in [4.78, 5) is 26.9. The van der Waals surface area contributed by atoms with Crippen molar-refractivity contribution in [1.29, 1.82) is 0 Å². The number of carbonyl (C=O) groups excluding carboxylic acids is 2. The number of halogens is 1. The van der Waals surface area contributed by atoms with Crippen LogP contribution in [0.15, 0.2) is 48.5 Å².